The van der Waals surface area contributed by atoms with Gasteiger partial charge in [-0.25, -0.2) is 23.0 Å². The molecule has 0 spiro atoms. The Morgan fingerprint density at radius 3 is 2.06 bits per heavy atom. The highest BCUT2D eigenvalue weighted by Gasteiger charge is 2.47. The summed E-state index contributed by atoms with van der Waals surface area (Å²) < 4.78 is 40.8. The number of piperazine rings is 1. The molecule has 2 aromatic heterocycles. The molecule has 3 heterocycles. The van der Waals surface area contributed by atoms with E-state index in [0.29, 0.717) is 73.7 Å². The van der Waals surface area contributed by atoms with Crippen LogP contribution in [0.4, 0.5) is 0 Å². The number of aryl methyl sites for hydroxylation is 2. The van der Waals surface area contributed by atoms with Gasteiger partial charge in [0.1, 0.15) is 17.1 Å². The van der Waals surface area contributed by atoms with E-state index < -0.39 is 57.9 Å². The summed E-state index contributed by atoms with van der Waals surface area (Å²) in [5.41, 5.74) is -1.96. The van der Waals surface area contributed by atoms with Crippen LogP contribution in [0.1, 0.15) is 90.3 Å². The largest absolute Gasteiger partial charge is 0.493 e. The summed E-state index contributed by atoms with van der Waals surface area (Å²) in [6.45, 7) is 13.2. The number of nitrogens with zero attached hydrogens (tertiary/aromatic N) is 6. The fourth-order valence-electron chi connectivity index (χ4n) is 8.42. The van der Waals surface area contributed by atoms with Crippen LogP contribution in [-0.2, 0) is 53.0 Å². The monoisotopic (exact) mass is 1020 g/mol. The average molecular weight is 1020 g/mol. The second-order valence-electron chi connectivity index (χ2n) is 17.6. The van der Waals surface area contributed by atoms with E-state index >= 15 is 0 Å². The minimum Gasteiger partial charge on any atom is -0.493 e. The lowest BCUT2D eigenvalue weighted by Crippen LogP contribution is -2.47. The minimum atomic E-state index is -3.70. The number of nitrogens with one attached hydrogen (secondary N) is 1. The molecule has 1 unspecified atom stereocenters. The van der Waals surface area contributed by atoms with Crippen molar-refractivity contribution >= 4 is 44.9 Å². The molecule has 2 fully saturated rings. The van der Waals surface area contributed by atoms with Gasteiger partial charge in [0, 0.05) is 39.1 Å². The van der Waals surface area contributed by atoms with Crippen LogP contribution >= 0.6 is 0 Å². The highest BCUT2D eigenvalue weighted by molar-refractivity contribution is 7.89. The number of carboxylic acid groups (broad SMARTS) is 3. The second kappa shape index (κ2) is 27.0. The molecule has 6 rings (SSSR count). The smallest absolute Gasteiger partial charge is 0.344 e. The molecule has 0 bridgehead atoms. The predicted octanol–water partition coefficient (Wildman–Crippen LogP) is 3.71. The van der Waals surface area contributed by atoms with Crippen LogP contribution in [0.25, 0.3) is 22.4 Å². The number of sulfonamides is 1. The normalized spacial score (nSPS) is 15.5. The Hall–Kier alpha value is -6.22. The molecule has 1 saturated carbocycles. The van der Waals surface area contributed by atoms with Gasteiger partial charge in [-0.2, -0.15) is 9.40 Å². The first-order valence-electron chi connectivity index (χ1n) is 24.1. The van der Waals surface area contributed by atoms with Crippen molar-refractivity contribution in [3.05, 3.63) is 70.1 Å². The molecule has 0 amide bonds. The summed E-state index contributed by atoms with van der Waals surface area (Å²) >= 11 is 0. The molecular weight excluding hydrogens is 955 g/mol. The molecule has 72 heavy (non-hydrogen) atoms. The Balaban J connectivity index is 0.000000257. The number of fused-ring (bicyclic) bond motifs is 1. The number of hydrogen-bond acceptors (Lipinski definition) is 15. The number of aliphatic hydroxyl groups is 2. The lowest BCUT2D eigenvalue weighted by molar-refractivity contribution is -0.174. The van der Waals surface area contributed by atoms with Crippen LogP contribution in [-0.4, -0.2) is 163 Å². The van der Waals surface area contributed by atoms with E-state index in [0.717, 1.165) is 57.3 Å². The molecule has 2 aliphatic rings. The van der Waals surface area contributed by atoms with E-state index in [4.69, 9.17) is 34.9 Å². The molecule has 21 nitrogen and oxygen atoms in total. The van der Waals surface area contributed by atoms with Crippen LogP contribution in [0.15, 0.2) is 58.2 Å². The van der Waals surface area contributed by atoms with E-state index in [1.807, 2.05) is 51.2 Å². The Morgan fingerprint density at radius 1 is 0.875 bits per heavy atom. The van der Waals surface area contributed by atoms with Crippen LogP contribution in [0, 0.1) is 17.8 Å². The highest BCUT2D eigenvalue weighted by Crippen LogP contribution is 2.40. The minimum absolute atomic E-state index is 0.0158. The number of carbonyl (C=O) groups is 4. The number of ether oxygens (including phenoxy) is 2. The predicted molar refractivity (Wildman–Crippen MR) is 267 cm³/mol. The van der Waals surface area contributed by atoms with Gasteiger partial charge in [0.25, 0.3) is 5.56 Å². The number of aromatic nitrogens is 4. The third kappa shape index (κ3) is 15.2. The standard InChI is InChI=1S/C22H30N6O4S.C22H31NO3.C6H8O7/c1-5-7-17-19-20(27(4)25-17)22(29)24-21(23-19)16-14-15(8-9-18(16)32-6-2)33(30,31)28-12-10-26(3)11-13-28;1-3-23(4-2)17-11-12-18-26-21(24)22(25,19-13-7-5-8-14-19)20-15-9-6-10-16-20;7-3(8)1-6(13,5(11)12)2-4(9)10/h8-9,14H,5-7,10-13H2,1-4H3,(H,23,24,29);5,7-8,13-14,20,25H,3-4,6,9-10,15-18H2,1-2H3;13H,1-2H2,(H,7,8)(H,9,10)(H,11,12). The molecular formula is C50H69N7O14S. The van der Waals surface area contributed by atoms with E-state index in [9.17, 15) is 37.5 Å². The Bertz CT molecular complexity index is 2680. The van der Waals surface area contributed by atoms with E-state index in [1.54, 1.807) is 25.2 Å². The topological polar surface area (TPSA) is 295 Å². The van der Waals surface area contributed by atoms with Gasteiger partial charge in [-0.15, -0.1) is 0 Å². The van der Waals surface area contributed by atoms with Gasteiger partial charge in [0.05, 0.1) is 42.1 Å². The van der Waals surface area contributed by atoms with Crippen LogP contribution in [0.2, 0.25) is 0 Å². The molecule has 394 valence electrons. The van der Waals surface area contributed by atoms with Crippen LogP contribution in [0.5, 0.6) is 5.75 Å². The van der Waals surface area contributed by atoms with Crippen molar-refractivity contribution in [1.29, 1.82) is 0 Å². The maximum absolute atomic E-state index is 13.3. The zero-order chi connectivity index (χ0) is 53.2. The Morgan fingerprint density at radius 2 is 1.50 bits per heavy atom. The van der Waals surface area contributed by atoms with Crippen molar-refractivity contribution in [1.82, 2.24) is 33.9 Å². The van der Waals surface area contributed by atoms with Crippen molar-refractivity contribution in [3.63, 3.8) is 0 Å². The summed E-state index contributed by atoms with van der Waals surface area (Å²) in [5.74, 6) is 0.947. The van der Waals surface area contributed by atoms with Crippen molar-refractivity contribution in [2.45, 2.75) is 102 Å². The fourth-order valence-corrected chi connectivity index (χ4v) is 9.87. The summed E-state index contributed by atoms with van der Waals surface area (Å²) in [5, 5.41) is 49.6. The van der Waals surface area contributed by atoms with Gasteiger partial charge in [0.15, 0.2) is 23.3 Å². The Kier molecular flexibility index (Phi) is 21.9. The number of carbonyl (C=O) groups excluding carboxylic acids is 1. The molecule has 1 aliphatic carbocycles. The van der Waals surface area contributed by atoms with Gasteiger partial charge in [-0.05, 0) is 70.1 Å². The van der Waals surface area contributed by atoms with Gasteiger partial charge in [-0.3, -0.25) is 24.0 Å². The molecule has 4 aromatic rings. The SMILES string of the molecule is CCCc1nn(C)c2c(=O)[nH]c(-c3cc(S(=O)(=O)N4CCN(C)CC4)ccc3OCC)nc12.CCN(CC)CC#CCOC(=O)C(O)(c1ccccc1)C1CCCCC1.O=C(O)CC(O)(CC(=O)O)C(=O)O. The third-order valence-corrected chi connectivity index (χ3v) is 14.4. The number of rotatable bonds is 19. The number of aromatic amines is 1. The molecule has 22 heteroatoms. The number of hydrogen-bond donors (Lipinski definition) is 6. The fraction of sp³-hybridized carbons (Fsp3) is 0.540. The third-order valence-electron chi connectivity index (χ3n) is 12.5. The van der Waals surface area contributed by atoms with E-state index in [2.05, 4.69) is 45.6 Å². The first-order chi connectivity index (χ1) is 34.2. The van der Waals surface area contributed by atoms with E-state index in [1.165, 1.54) is 8.99 Å². The zero-order valence-corrected chi connectivity index (χ0v) is 42.7. The van der Waals surface area contributed by atoms with Crippen molar-refractivity contribution in [2.75, 3.05) is 66.1 Å². The van der Waals surface area contributed by atoms with Gasteiger partial charge >= 0.3 is 23.9 Å². The number of H-pyrrole nitrogens is 1. The maximum atomic E-state index is 13.3. The average Bonchev–Trinajstić information content (AvgIpc) is 3.67. The first kappa shape index (κ1) is 58.4. The zero-order valence-electron chi connectivity index (χ0n) is 41.9. The number of carboxylic acids is 3. The van der Waals surface area contributed by atoms with Crippen molar-refractivity contribution in [2.24, 2.45) is 13.0 Å². The highest BCUT2D eigenvalue weighted by atomic mass is 32.2. The summed E-state index contributed by atoms with van der Waals surface area (Å²) in [4.78, 5) is 68.2. The number of likely N-dealkylation sites (N-methyl/N-ethyl adjacent to an activating group) is 1. The summed E-state index contributed by atoms with van der Waals surface area (Å²) in [7, 11) is -0.00831. The van der Waals surface area contributed by atoms with Crippen LogP contribution < -0.4 is 10.3 Å². The van der Waals surface area contributed by atoms with Gasteiger partial charge < -0.3 is 44.9 Å². The second-order valence-corrected chi connectivity index (χ2v) is 19.5. The molecule has 0 radical (unpaired) electrons. The number of aliphatic carboxylic acids is 3. The molecule has 1 saturated heterocycles. The molecule has 1 atom stereocenters. The quantitative estimate of drug-likeness (QED) is 0.0576. The molecule has 6 N–H and O–H groups in total. The van der Waals surface area contributed by atoms with Crippen LogP contribution in [0.3, 0.4) is 0 Å². The van der Waals surface area contributed by atoms with Crippen molar-refractivity contribution in [3.8, 4) is 29.0 Å². The lowest BCUT2D eigenvalue weighted by Gasteiger charge is -2.36. The Labute approximate surface area is 419 Å². The van der Waals surface area contributed by atoms with Gasteiger partial charge in [-0.1, -0.05) is 88.6 Å². The van der Waals surface area contributed by atoms with E-state index in [-0.39, 0.29) is 28.8 Å². The maximum Gasteiger partial charge on any atom is 0.344 e. The number of esters is 1. The molecule has 2 aromatic carbocycles. The summed E-state index contributed by atoms with van der Waals surface area (Å²) in [6.07, 6.45) is 4.18. The molecule has 1 aliphatic heterocycles. The lowest BCUT2D eigenvalue weighted by atomic mass is 9.73. The summed E-state index contributed by atoms with van der Waals surface area (Å²) in [6, 6.07) is 13.9. The van der Waals surface area contributed by atoms with Gasteiger partial charge in [0.2, 0.25) is 10.0 Å². The van der Waals surface area contributed by atoms with Crippen molar-refractivity contribution < 1.29 is 62.6 Å². The number of benzene rings is 2. The first-order valence-corrected chi connectivity index (χ1v) is 25.5.